The second kappa shape index (κ2) is 5.75. The molecular weight excluding hydrogens is 248 g/mol. The third-order valence-electron chi connectivity index (χ3n) is 3.62. The van der Waals surface area contributed by atoms with Gasteiger partial charge in [0.05, 0.1) is 17.8 Å². The van der Waals surface area contributed by atoms with E-state index in [-0.39, 0.29) is 11.1 Å². The van der Waals surface area contributed by atoms with Gasteiger partial charge in [-0.2, -0.15) is 0 Å². The molecule has 0 radical (unpaired) electrons. The van der Waals surface area contributed by atoms with E-state index in [1.807, 2.05) is 11.6 Å². The van der Waals surface area contributed by atoms with Gasteiger partial charge in [-0.25, -0.2) is 4.68 Å². The van der Waals surface area contributed by atoms with Gasteiger partial charge in [-0.3, -0.25) is 0 Å². The van der Waals surface area contributed by atoms with Crippen LogP contribution in [0.25, 0.3) is 0 Å². The average Bonchev–Trinajstić information content (AvgIpc) is 2.83. The zero-order valence-electron chi connectivity index (χ0n) is 10.9. The highest BCUT2D eigenvalue weighted by Gasteiger charge is 2.26. The molecule has 1 aliphatic rings. The lowest BCUT2D eigenvalue weighted by Gasteiger charge is -2.24. The first-order valence-corrected chi connectivity index (χ1v) is 6.83. The van der Waals surface area contributed by atoms with Crippen molar-refractivity contribution in [3.8, 4) is 0 Å². The fraction of sp³-hybridized carbons (Fsp3) is 0.750. The lowest BCUT2D eigenvalue weighted by Crippen LogP contribution is -2.21. The molecule has 6 heteroatoms. The van der Waals surface area contributed by atoms with Gasteiger partial charge >= 0.3 is 0 Å². The number of thiocarbonyl (C=S) groups is 1. The number of rotatable bonds is 4. The van der Waals surface area contributed by atoms with Gasteiger partial charge in [0.25, 0.3) is 0 Å². The Labute approximate surface area is 113 Å². The molecule has 1 heterocycles. The van der Waals surface area contributed by atoms with Gasteiger partial charge in [-0.1, -0.05) is 36.7 Å². The number of ether oxygens (including phenoxy) is 1. The molecule has 0 aliphatic heterocycles. The van der Waals surface area contributed by atoms with E-state index < -0.39 is 0 Å². The van der Waals surface area contributed by atoms with Crippen LogP contribution in [-0.4, -0.2) is 27.1 Å². The van der Waals surface area contributed by atoms with E-state index in [1.165, 1.54) is 19.3 Å². The molecule has 100 valence electrons. The highest BCUT2D eigenvalue weighted by molar-refractivity contribution is 7.80. The van der Waals surface area contributed by atoms with E-state index in [9.17, 15) is 0 Å². The summed E-state index contributed by atoms with van der Waals surface area (Å²) in [5.74, 6) is 0. The Balaban J connectivity index is 2.36. The molecule has 1 saturated carbocycles. The molecule has 2 N–H and O–H groups in total. The maximum atomic E-state index is 5.71. The molecule has 0 bridgehead atoms. The summed E-state index contributed by atoms with van der Waals surface area (Å²) in [5.41, 5.74) is 7.23. The molecule has 1 fully saturated rings. The second-order valence-electron chi connectivity index (χ2n) is 4.80. The Morgan fingerprint density at radius 1 is 1.44 bits per heavy atom. The molecule has 5 nitrogen and oxygen atoms in total. The molecule has 1 aromatic rings. The van der Waals surface area contributed by atoms with Crippen LogP contribution in [0.1, 0.15) is 62.6 Å². The molecular formula is C12H20N4OS. The Morgan fingerprint density at radius 2 is 2.11 bits per heavy atom. The quantitative estimate of drug-likeness (QED) is 0.847. The maximum absolute atomic E-state index is 5.71. The van der Waals surface area contributed by atoms with Crippen molar-refractivity contribution in [1.29, 1.82) is 0 Å². The zero-order chi connectivity index (χ0) is 13.1. The standard InChI is InChI=1S/C12H20N4OS/c1-8(17-2)11-10(12(13)18)14-15-16(11)9-6-4-3-5-7-9/h8-9H,3-7H2,1-2H3,(H2,13,18). The van der Waals surface area contributed by atoms with E-state index in [1.54, 1.807) is 7.11 Å². The third kappa shape index (κ3) is 2.54. The van der Waals surface area contributed by atoms with E-state index in [0.29, 0.717) is 11.7 Å². The summed E-state index contributed by atoms with van der Waals surface area (Å²) in [4.78, 5) is 0.288. The molecule has 0 saturated heterocycles. The molecule has 1 atom stereocenters. The van der Waals surface area contributed by atoms with Crippen molar-refractivity contribution in [3.63, 3.8) is 0 Å². The maximum Gasteiger partial charge on any atom is 0.145 e. The lowest BCUT2D eigenvalue weighted by molar-refractivity contribution is 0.107. The minimum atomic E-state index is -0.0987. The minimum Gasteiger partial charge on any atom is -0.388 e. The predicted octanol–water partition coefficient (Wildman–Crippen LogP) is 2.12. The summed E-state index contributed by atoms with van der Waals surface area (Å²) in [6, 6.07) is 0.405. The van der Waals surface area contributed by atoms with Gasteiger partial charge < -0.3 is 10.5 Å². The first kappa shape index (κ1) is 13.4. The number of hydrogen-bond donors (Lipinski definition) is 1. The normalized spacial score (nSPS) is 18.8. The summed E-state index contributed by atoms with van der Waals surface area (Å²) < 4.78 is 7.37. The first-order chi connectivity index (χ1) is 8.65. The van der Waals surface area contributed by atoms with E-state index in [0.717, 1.165) is 18.5 Å². The Hall–Kier alpha value is -1.01. The Morgan fingerprint density at radius 3 is 2.67 bits per heavy atom. The molecule has 0 amide bonds. The number of nitrogens with zero attached hydrogens (tertiary/aromatic N) is 3. The summed E-state index contributed by atoms with van der Waals surface area (Å²) in [7, 11) is 1.67. The minimum absolute atomic E-state index is 0.0987. The van der Waals surface area contributed by atoms with Gasteiger partial charge in [0, 0.05) is 7.11 Å². The number of hydrogen-bond acceptors (Lipinski definition) is 4. The number of aromatic nitrogens is 3. The van der Waals surface area contributed by atoms with Crippen molar-refractivity contribution < 1.29 is 4.74 Å². The second-order valence-corrected chi connectivity index (χ2v) is 5.24. The monoisotopic (exact) mass is 268 g/mol. The summed E-state index contributed by atoms with van der Waals surface area (Å²) >= 11 is 5.04. The highest BCUT2D eigenvalue weighted by atomic mass is 32.1. The van der Waals surface area contributed by atoms with Crippen LogP contribution in [0.15, 0.2) is 0 Å². The van der Waals surface area contributed by atoms with E-state index in [2.05, 4.69) is 10.3 Å². The van der Waals surface area contributed by atoms with Crippen molar-refractivity contribution >= 4 is 17.2 Å². The Kier molecular flexibility index (Phi) is 4.29. The van der Waals surface area contributed by atoms with Gasteiger partial charge in [-0.05, 0) is 19.8 Å². The average molecular weight is 268 g/mol. The topological polar surface area (TPSA) is 66.0 Å². The van der Waals surface area contributed by atoms with Crippen LogP contribution < -0.4 is 5.73 Å². The van der Waals surface area contributed by atoms with E-state index >= 15 is 0 Å². The smallest absolute Gasteiger partial charge is 0.145 e. The van der Waals surface area contributed by atoms with Crippen LogP contribution in [0.2, 0.25) is 0 Å². The zero-order valence-corrected chi connectivity index (χ0v) is 11.7. The summed E-state index contributed by atoms with van der Waals surface area (Å²) in [6.45, 7) is 1.97. The molecule has 1 aliphatic carbocycles. The predicted molar refractivity (Wildman–Crippen MR) is 73.5 cm³/mol. The van der Waals surface area contributed by atoms with Crippen LogP contribution in [0, 0.1) is 0 Å². The van der Waals surface area contributed by atoms with Gasteiger partial charge in [0.2, 0.25) is 0 Å². The van der Waals surface area contributed by atoms with Gasteiger partial charge in [-0.15, -0.1) is 5.10 Å². The summed E-state index contributed by atoms with van der Waals surface area (Å²) in [6.07, 6.45) is 5.98. The number of methoxy groups -OCH3 is 1. The van der Waals surface area contributed by atoms with E-state index in [4.69, 9.17) is 22.7 Å². The van der Waals surface area contributed by atoms with Crippen LogP contribution in [0.5, 0.6) is 0 Å². The van der Waals surface area contributed by atoms with Crippen molar-refractivity contribution in [3.05, 3.63) is 11.4 Å². The van der Waals surface area contributed by atoms with Crippen molar-refractivity contribution in [1.82, 2.24) is 15.0 Å². The number of nitrogens with two attached hydrogens (primary N) is 1. The van der Waals surface area contributed by atoms with Gasteiger partial charge in [0.1, 0.15) is 10.7 Å². The Bertz CT molecular complexity index is 426. The first-order valence-electron chi connectivity index (χ1n) is 6.42. The van der Waals surface area contributed by atoms with Crippen molar-refractivity contribution in [2.24, 2.45) is 5.73 Å². The summed E-state index contributed by atoms with van der Waals surface area (Å²) in [5, 5.41) is 8.38. The van der Waals surface area contributed by atoms with Crippen LogP contribution in [0.4, 0.5) is 0 Å². The van der Waals surface area contributed by atoms with Crippen molar-refractivity contribution in [2.45, 2.75) is 51.2 Å². The fourth-order valence-corrected chi connectivity index (χ4v) is 2.71. The molecule has 2 rings (SSSR count). The van der Waals surface area contributed by atoms with Crippen LogP contribution in [-0.2, 0) is 4.74 Å². The SMILES string of the molecule is COC(C)c1c(C(N)=S)nnn1C1CCCCC1. The van der Waals surface area contributed by atoms with Crippen LogP contribution >= 0.6 is 12.2 Å². The highest BCUT2D eigenvalue weighted by Crippen LogP contribution is 2.31. The lowest BCUT2D eigenvalue weighted by atomic mass is 9.95. The molecule has 1 aromatic heterocycles. The third-order valence-corrected chi connectivity index (χ3v) is 3.82. The largest absolute Gasteiger partial charge is 0.388 e. The molecule has 0 aromatic carbocycles. The molecule has 1 unspecified atom stereocenters. The molecule has 0 spiro atoms. The fourth-order valence-electron chi connectivity index (χ4n) is 2.56. The molecule has 18 heavy (non-hydrogen) atoms. The van der Waals surface area contributed by atoms with Gasteiger partial charge in [0.15, 0.2) is 0 Å². The van der Waals surface area contributed by atoms with Crippen LogP contribution in [0.3, 0.4) is 0 Å². The van der Waals surface area contributed by atoms with Crippen molar-refractivity contribution in [2.75, 3.05) is 7.11 Å².